The molecule has 1 aliphatic heterocycles. The van der Waals surface area contributed by atoms with Crippen molar-refractivity contribution in [1.29, 1.82) is 0 Å². The van der Waals surface area contributed by atoms with Crippen LogP contribution in [0.25, 0.3) is 0 Å². The molecule has 26 heavy (non-hydrogen) atoms. The van der Waals surface area contributed by atoms with E-state index in [0.717, 1.165) is 17.7 Å². The topological polar surface area (TPSA) is 67.4 Å². The largest absolute Gasteiger partial charge is 0.371 e. The van der Waals surface area contributed by atoms with Crippen LogP contribution < -0.4 is 10.0 Å². The minimum Gasteiger partial charge on any atom is -0.371 e. The lowest BCUT2D eigenvalue weighted by atomic mass is 9.82. The fourth-order valence-corrected chi connectivity index (χ4v) is 4.36. The van der Waals surface area contributed by atoms with Crippen molar-refractivity contribution in [1.82, 2.24) is 10.0 Å². The third-order valence-corrected chi connectivity index (χ3v) is 6.10. The number of ketones is 1. The van der Waals surface area contributed by atoms with Gasteiger partial charge in [-0.1, -0.05) is 19.8 Å². The van der Waals surface area contributed by atoms with Crippen LogP contribution in [0.2, 0.25) is 0 Å². The van der Waals surface area contributed by atoms with E-state index < -0.39 is 12.1 Å². The summed E-state index contributed by atoms with van der Waals surface area (Å²) < 4.78 is 21.4. The van der Waals surface area contributed by atoms with Crippen molar-refractivity contribution < 1.29 is 18.7 Å². The molecule has 1 aromatic rings. The van der Waals surface area contributed by atoms with E-state index in [4.69, 9.17) is 4.74 Å². The quantitative estimate of drug-likeness (QED) is 0.712. The highest BCUT2D eigenvalue weighted by Crippen LogP contribution is 2.41. The van der Waals surface area contributed by atoms with Crippen LogP contribution in [-0.2, 0) is 14.3 Å². The number of hydrogen-bond donors (Lipinski definition) is 2. The van der Waals surface area contributed by atoms with Crippen molar-refractivity contribution in [3.05, 3.63) is 30.1 Å². The van der Waals surface area contributed by atoms with E-state index in [1.165, 1.54) is 36.9 Å². The van der Waals surface area contributed by atoms with Gasteiger partial charge in [-0.25, -0.2) is 9.11 Å². The predicted molar refractivity (Wildman–Crippen MR) is 98.1 cm³/mol. The van der Waals surface area contributed by atoms with Gasteiger partial charge in [-0.15, -0.1) is 0 Å². The van der Waals surface area contributed by atoms with Gasteiger partial charge < -0.3 is 10.1 Å². The maximum absolute atomic E-state index is 13.1. The van der Waals surface area contributed by atoms with E-state index in [9.17, 15) is 14.0 Å². The SMILES string of the molecule is CC1(CC(NSc2ccc(F)cc2)C(=O)NC2COCC2=O)CCCC1. The van der Waals surface area contributed by atoms with Gasteiger partial charge in [0.05, 0.1) is 12.6 Å². The molecule has 142 valence electrons. The molecule has 5 nitrogen and oxygen atoms in total. The van der Waals surface area contributed by atoms with Gasteiger partial charge >= 0.3 is 0 Å². The zero-order chi connectivity index (χ0) is 18.6. The van der Waals surface area contributed by atoms with Crippen LogP contribution in [0.1, 0.15) is 39.0 Å². The summed E-state index contributed by atoms with van der Waals surface area (Å²) in [6.45, 7) is 2.51. The molecule has 0 aromatic heterocycles. The van der Waals surface area contributed by atoms with Gasteiger partial charge in [0.25, 0.3) is 0 Å². The van der Waals surface area contributed by atoms with Crippen molar-refractivity contribution >= 4 is 23.6 Å². The third kappa shape index (κ3) is 5.05. The first-order chi connectivity index (χ1) is 12.5. The first-order valence-electron chi connectivity index (χ1n) is 9.04. The average Bonchev–Trinajstić information content (AvgIpc) is 3.22. The minimum absolute atomic E-state index is 0.0606. The second kappa shape index (κ2) is 8.50. The van der Waals surface area contributed by atoms with Crippen molar-refractivity contribution in [2.24, 2.45) is 5.41 Å². The summed E-state index contributed by atoms with van der Waals surface area (Å²) in [6.07, 6.45) is 5.28. The number of nitrogens with one attached hydrogen (secondary N) is 2. The first-order valence-corrected chi connectivity index (χ1v) is 9.86. The van der Waals surface area contributed by atoms with Crippen LogP contribution in [0.3, 0.4) is 0 Å². The molecule has 2 unspecified atom stereocenters. The lowest BCUT2D eigenvalue weighted by Gasteiger charge is -2.29. The Morgan fingerprint density at radius 1 is 1.35 bits per heavy atom. The van der Waals surface area contributed by atoms with E-state index in [1.54, 1.807) is 12.1 Å². The maximum atomic E-state index is 13.1. The van der Waals surface area contributed by atoms with Gasteiger partial charge in [0, 0.05) is 4.90 Å². The number of Topliss-reactive ketones (excluding diaryl/α,β-unsaturated/α-hetero) is 1. The fourth-order valence-electron chi connectivity index (χ4n) is 3.62. The molecule has 0 spiro atoms. The molecule has 1 aromatic carbocycles. The molecule has 0 bridgehead atoms. The summed E-state index contributed by atoms with van der Waals surface area (Å²) >= 11 is 1.31. The Hall–Kier alpha value is -1.44. The number of rotatable bonds is 7. The Labute approximate surface area is 157 Å². The van der Waals surface area contributed by atoms with Crippen molar-refractivity contribution in [2.45, 2.75) is 56.0 Å². The Morgan fingerprint density at radius 2 is 2.04 bits per heavy atom. The Bertz CT molecular complexity index is 647. The smallest absolute Gasteiger partial charge is 0.238 e. The van der Waals surface area contributed by atoms with Crippen molar-refractivity contribution in [2.75, 3.05) is 13.2 Å². The van der Waals surface area contributed by atoms with E-state index in [-0.39, 0.29) is 36.1 Å². The highest BCUT2D eigenvalue weighted by molar-refractivity contribution is 7.97. The predicted octanol–water partition coefficient (Wildman–Crippen LogP) is 2.85. The molecule has 1 saturated heterocycles. The van der Waals surface area contributed by atoms with E-state index in [2.05, 4.69) is 17.0 Å². The molecular weight excluding hydrogens is 355 g/mol. The number of ether oxygens (including phenoxy) is 1. The van der Waals surface area contributed by atoms with E-state index in [0.29, 0.717) is 6.42 Å². The summed E-state index contributed by atoms with van der Waals surface area (Å²) in [4.78, 5) is 25.4. The van der Waals surface area contributed by atoms with Gasteiger partial charge in [0.15, 0.2) is 5.78 Å². The molecule has 3 rings (SSSR count). The molecule has 1 saturated carbocycles. The normalized spacial score (nSPS) is 23.2. The number of hydrogen-bond acceptors (Lipinski definition) is 5. The van der Waals surface area contributed by atoms with Crippen LogP contribution in [0.15, 0.2) is 29.2 Å². The lowest BCUT2D eigenvalue weighted by Crippen LogP contribution is -2.50. The Kier molecular flexibility index (Phi) is 6.32. The van der Waals surface area contributed by atoms with Gasteiger partial charge in [-0.3, -0.25) is 9.59 Å². The standard InChI is InChI=1S/C19H25FN2O3S/c1-19(8-2-3-9-19)10-15(18(24)21-16-11-25-12-17(16)23)22-26-14-6-4-13(20)5-7-14/h4-7,15-16,22H,2-3,8-12H2,1H3,(H,21,24). The van der Waals surface area contributed by atoms with Gasteiger partial charge in [-0.05, 0) is 60.9 Å². The summed E-state index contributed by atoms with van der Waals surface area (Å²) in [7, 11) is 0. The second-order valence-electron chi connectivity index (χ2n) is 7.49. The highest BCUT2D eigenvalue weighted by Gasteiger charge is 2.36. The number of carbonyl (C=O) groups is 2. The molecule has 2 aliphatic rings. The third-order valence-electron chi connectivity index (χ3n) is 5.19. The summed E-state index contributed by atoms with van der Waals surface area (Å²) in [6, 6.07) is 5.15. The number of halogens is 1. The first kappa shape index (κ1) is 19.3. The second-order valence-corrected chi connectivity index (χ2v) is 8.40. The number of benzene rings is 1. The number of amides is 1. The van der Waals surface area contributed by atoms with E-state index >= 15 is 0 Å². The average molecular weight is 380 g/mol. The molecule has 2 fully saturated rings. The monoisotopic (exact) mass is 380 g/mol. The molecule has 1 amide bonds. The Balaban J connectivity index is 1.64. The molecule has 1 aliphatic carbocycles. The van der Waals surface area contributed by atoms with Crippen LogP contribution in [0, 0.1) is 11.2 Å². The molecule has 2 N–H and O–H groups in total. The van der Waals surface area contributed by atoms with Crippen LogP contribution in [0.5, 0.6) is 0 Å². The molecule has 2 atom stereocenters. The minimum atomic E-state index is -0.556. The van der Waals surface area contributed by atoms with Crippen molar-refractivity contribution in [3.63, 3.8) is 0 Å². The van der Waals surface area contributed by atoms with Crippen molar-refractivity contribution in [3.8, 4) is 0 Å². The summed E-state index contributed by atoms with van der Waals surface area (Å²) in [5.41, 5.74) is 0.120. The molecular formula is C19H25FN2O3S. The Morgan fingerprint density at radius 3 is 2.65 bits per heavy atom. The van der Waals surface area contributed by atoms with Crippen LogP contribution in [-0.4, -0.2) is 37.0 Å². The number of carbonyl (C=O) groups excluding carboxylic acids is 2. The zero-order valence-corrected chi connectivity index (χ0v) is 15.7. The van der Waals surface area contributed by atoms with Gasteiger partial charge in [-0.2, -0.15) is 0 Å². The molecule has 0 radical (unpaired) electrons. The lowest BCUT2D eigenvalue weighted by molar-refractivity contribution is -0.127. The maximum Gasteiger partial charge on any atom is 0.238 e. The molecule has 7 heteroatoms. The summed E-state index contributed by atoms with van der Waals surface area (Å²) in [5, 5.41) is 2.82. The fraction of sp³-hybridized carbons (Fsp3) is 0.579. The van der Waals surface area contributed by atoms with Gasteiger partial charge in [0.1, 0.15) is 18.5 Å². The highest BCUT2D eigenvalue weighted by atomic mass is 32.2. The summed E-state index contributed by atoms with van der Waals surface area (Å²) in [5.74, 6) is -0.561. The van der Waals surface area contributed by atoms with Crippen LogP contribution >= 0.6 is 11.9 Å². The zero-order valence-electron chi connectivity index (χ0n) is 14.9. The van der Waals surface area contributed by atoms with Gasteiger partial charge in [0.2, 0.25) is 5.91 Å². The molecule has 1 heterocycles. The van der Waals surface area contributed by atoms with E-state index in [1.807, 2.05) is 0 Å². The van der Waals surface area contributed by atoms with Crippen LogP contribution in [0.4, 0.5) is 4.39 Å².